The number of rotatable bonds is 3. The van der Waals surface area contributed by atoms with Crippen LogP contribution in [0.1, 0.15) is 0 Å². The van der Waals surface area contributed by atoms with E-state index in [-0.39, 0.29) is 5.56 Å². The van der Waals surface area contributed by atoms with Gasteiger partial charge in [-0.3, -0.25) is 13.9 Å². The van der Waals surface area contributed by atoms with Crippen LogP contribution in [-0.4, -0.2) is 20.4 Å². The van der Waals surface area contributed by atoms with Crippen LogP contribution >= 0.6 is 11.8 Å². The van der Waals surface area contributed by atoms with Crippen LogP contribution in [0, 0.1) is 0 Å². The molecule has 0 aliphatic carbocycles. The van der Waals surface area contributed by atoms with Crippen LogP contribution in [0.2, 0.25) is 0 Å². The summed E-state index contributed by atoms with van der Waals surface area (Å²) in [5.41, 5.74) is 1.15. The Labute approximate surface area is 136 Å². The predicted octanol–water partition coefficient (Wildman–Crippen LogP) is 2.10. The zero-order valence-corrected chi connectivity index (χ0v) is 13.8. The Balaban J connectivity index is 2.27. The van der Waals surface area contributed by atoms with E-state index in [1.165, 1.54) is 11.6 Å². The number of benzene rings is 1. The predicted molar refractivity (Wildman–Crippen MR) is 93.7 cm³/mol. The van der Waals surface area contributed by atoms with Crippen molar-refractivity contribution in [3.8, 4) is 0 Å². The minimum absolute atomic E-state index is 0.361. The molecule has 3 aromatic rings. The van der Waals surface area contributed by atoms with Gasteiger partial charge < -0.3 is 5.32 Å². The zero-order valence-electron chi connectivity index (χ0n) is 13.0. The highest BCUT2D eigenvalue weighted by Crippen LogP contribution is 2.29. The summed E-state index contributed by atoms with van der Waals surface area (Å²) in [7, 11) is 3.08. The lowest BCUT2D eigenvalue weighted by atomic mass is 10.2. The van der Waals surface area contributed by atoms with Gasteiger partial charge in [0.05, 0.1) is 11.4 Å². The average molecular weight is 328 g/mol. The average Bonchev–Trinajstić information content (AvgIpc) is 2.58. The maximum atomic E-state index is 12.5. The summed E-state index contributed by atoms with van der Waals surface area (Å²) in [5, 5.41) is 3.69. The number of nitrogens with zero attached hydrogens (tertiary/aromatic N) is 3. The fourth-order valence-electron chi connectivity index (χ4n) is 2.48. The molecule has 0 spiro atoms. The number of pyridine rings is 1. The Kier molecular flexibility index (Phi) is 3.96. The number of nitrogens with one attached hydrogen (secondary N) is 1. The van der Waals surface area contributed by atoms with Crippen molar-refractivity contribution >= 4 is 34.2 Å². The molecule has 0 bridgehead atoms. The van der Waals surface area contributed by atoms with E-state index in [0.717, 1.165) is 15.1 Å². The fraction of sp³-hybridized carbons (Fsp3) is 0.188. The van der Waals surface area contributed by atoms with Gasteiger partial charge in [-0.25, -0.2) is 9.78 Å². The molecular formula is C16H16N4O2S. The Morgan fingerprint density at radius 3 is 2.52 bits per heavy atom. The summed E-state index contributed by atoms with van der Waals surface area (Å²) in [5.74, 6) is 0. The monoisotopic (exact) mass is 328 g/mol. The molecule has 0 fully saturated rings. The molecule has 0 aliphatic rings. The summed E-state index contributed by atoms with van der Waals surface area (Å²) < 4.78 is 2.47. The Hall–Kier alpha value is -2.54. The van der Waals surface area contributed by atoms with E-state index in [0.29, 0.717) is 16.7 Å². The standard InChI is InChI=1S/C16H16N4O2S/c1-19-14-13(15(21)20(2)16(19)22)11(8-9-17-14)18-10-6-4-5-7-12(10)23-3/h4-9H,1-3H3,(H,17,18). The van der Waals surface area contributed by atoms with Gasteiger partial charge in [-0.2, -0.15) is 0 Å². The third-order valence-corrected chi connectivity index (χ3v) is 4.51. The Morgan fingerprint density at radius 2 is 1.78 bits per heavy atom. The molecule has 2 aromatic heterocycles. The lowest BCUT2D eigenvalue weighted by Gasteiger charge is -2.13. The number of hydrogen-bond acceptors (Lipinski definition) is 5. The number of aryl methyl sites for hydroxylation is 1. The van der Waals surface area contributed by atoms with Crippen LogP contribution in [0.3, 0.4) is 0 Å². The van der Waals surface area contributed by atoms with Gasteiger partial charge >= 0.3 is 5.69 Å². The molecule has 0 radical (unpaired) electrons. The van der Waals surface area contributed by atoms with Crippen LogP contribution in [-0.2, 0) is 14.1 Å². The summed E-state index contributed by atoms with van der Waals surface area (Å²) in [6, 6.07) is 9.59. The second-order valence-corrected chi connectivity index (χ2v) is 5.94. The molecule has 0 unspecified atom stereocenters. The highest BCUT2D eigenvalue weighted by molar-refractivity contribution is 7.98. The Morgan fingerprint density at radius 1 is 1.04 bits per heavy atom. The van der Waals surface area contributed by atoms with Crippen LogP contribution in [0.5, 0.6) is 0 Å². The van der Waals surface area contributed by atoms with Crippen molar-refractivity contribution < 1.29 is 0 Å². The van der Waals surface area contributed by atoms with Gasteiger partial charge in [-0.15, -0.1) is 11.8 Å². The highest BCUT2D eigenvalue weighted by atomic mass is 32.2. The molecule has 6 nitrogen and oxygen atoms in total. The summed E-state index contributed by atoms with van der Waals surface area (Å²) in [6.07, 6.45) is 3.58. The molecule has 23 heavy (non-hydrogen) atoms. The molecule has 2 heterocycles. The quantitative estimate of drug-likeness (QED) is 0.746. The van der Waals surface area contributed by atoms with Crippen molar-refractivity contribution in [3.63, 3.8) is 0 Å². The molecule has 0 saturated carbocycles. The molecule has 0 amide bonds. The number of anilines is 2. The zero-order chi connectivity index (χ0) is 16.6. The SMILES string of the molecule is CSc1ccccc1Nc1ccnc2c1c(=O)n(C)c(=O)n2C. The van der Waals surface area contributed by atoms with Crippen LogP contribution in [0.4, 0.5) is 11.4 Å². The van der Waals surface area contributed by atoms with Crippen LogP contribution in [0.15, 0.2) is 51.0 Å². The van der Waals surface area contributed by atoms with Gasteiger partial charge in [-0.05, 0) is 24.5 Å². The molecular weight excluding hydrogens is 312 g/mol. The van der Waals surface area contributed by atoms with Crippen molar-refractivity contribution in [3.05, 3.63) is 57.4 Å². The van der Waals surface area contributed by atoms with Crippen molar-refractivity contribution in [1.82, 2.24) is 14.1 Å². The summed E-state index contributed by atoms with van der Waals surface area (Å²) in [6.45, 7) is 0. The van der Waals surface area contributed by atoms with Gasteiger partial charge in [0.25, 0.3) is 5.56 Å². The lowest BCUT2D eigenvalue weighted by Crippen LogP contribution is -2.37. The van der Waals surface area contributed by atoms with Crippen LogP contribution < -0.4 is 16.6 Å². The highest BCUT2D eigenvalue weighted by Gasteiger charge is 2.14. The van der Waals surface area contributed by atoms with Crippen LogP contribution in [0.25, 0.3) is 11.0 Å². The third kappa shape index (κ3) is 2.53. The van der Waals surface area contributed by atoms with E-state index >= 15 is 0 Å². The van der Waals surface area contributed by atoms with Gasteiger partial charge in [0.15, 0.2) is 5.65 Å². The maximum absolute atomic E-state index is 12.5. The number of thioether (sulfide) groups is 1. The van der Waals surface area contributed by atoms with E-state index in [9.17, 15) is 9.59 Å². The fourth-order valence-corrected chi connectivity index (χ4v) is 3.04. The number of aromatic nitrogens is 3. The minimum Gasteiger partial charge on any atom is -0.354 e. The second-order valence-electron chi connectivity index (χ2n) is 5.09. The normalized spacial score (nSPS) is 10.9. The van der Waals surface area contributed by atoms with Crippen molar-refractivity contribution in [2.75, 3.05) is 11.6 Å². The molecule has 3 rings (SSSR count). The van der Waals surface area contributed by atoms with E-state index in [4.69, 9.17) is 0 Å². The molecule has 118 valence electrons. The molecule has 0 atom stereocenters. The minimum atomic E-state index is -0.392. The number of fused-ring (bicyclic) bond motifs is 1. The number of para-hydroxylation sites is 1. The van der Waals surface area contributed by atoms with Gasteiger partial charge in [0.1, 0.15) is 5.39 Å². The maximum Gasteiger partial charge on any atom is 0.332 e. The molecule has 7 heteroatoms. The third-order valence-electron chi connectivity index (χ3n) is 3.72. The first-order chi connectivity index (χ1) is 11.0. The van der Waals surface area contributed by atoms with E-state index in [1.807, 2.05) is 30.5 Å². The number of hydrogen-bond donors (Lipinski definition) is 1. The van der Waals surface area contributed by atoms with E-state index in [1.54, 1.807) is 31.1 Å². The second kappa shape index (κ2) is 5.92. The molecule has 0 saturated heterocycles. The van der Waals surface area contributed by atoms with Gasteiger partial charge in [0, 0.05) is 25.2 Å². The summed E-state index contributed by atoms with van der Waals surface area (Å²) >= 11 is 1.62. The van der Waals surface area contributed by atoms with E-state index < -0.39 is 5.69 Å². The lowest BCUT2D eigenvalue weighted by molar-refractivity contribution is 0.708. The first-order valence-corrected chi connectivity index (χ1v) is 8.22. The van der Waals surface area contributed by atoms with Crippen molar-refractivity contribution in [2.45, 2.75) is 4.90 Å². The smallest absolute Gasteiger partial charge is 0.332 e. The van der Waals surface area contributed by atoms with Crippen molar-refractivity contribution in [1.29, 1.82) is 0 Å². The van der Waals surface area contributed by atoms with Gasteiger partial charge in [0.2, 0.25) is 0 Å². The largest absolute Gasteiger partial charge is 0.354 e. The molecule has 1 aromatic carbocycles. The van der Waals surface area contributed by atoms with Crippen molar-refractivity contribution in [2.24, 2.45) is 14.1 Å². The first kappa shape index (κ1) is 15.4. The summed E-state index contributed by atoms with van der Waals surface area (Å²) in [4.78, 5) is 29.8. The topological polar surface area (TPSA) is 68.9 Å². The Bertz CT molecular complexity index is 1010. The molecule has 1 N–H and O–H groups in total. The first-order valence-electron chi connectivity index (χ1n) is 6.99. The van der Waals surface area contributed by atoms with E-state index in [2.05, 4.69) is 10.3 Å². The van der Waals surface area contributed by atoms with Gasteiger partial charge in [-0.1, -0.05) is 12.1 Å². The molecule has 0 aliphatic heterocycles.